The highest BCUT2D eigenvalue weighted by Crippen LogP contribution is 2.11. The second-order valence-electron chi connectivity index (χ2n) is 3.41. The van der Waals surface area contributed by atoms with E-state index in [1.54, 1.807) is 6.07 Å². The van der Waals surface area contributed by atoms with Crippen LogP contribution in [0.15, 0.2) is 12.1 Å². The van der Waals surface area contributed by atoms with Crippen LogP contribution in [0.3, 0.4) is 0 Å². The van der Waals surface area contributed by atoms with Gasteiger partial charge in [-0.15, -0.1) is 22.6 Å². The van der Waals surface area contributed by atoms with E-state index in [-0.39, 0.29) is 12.4 Å². The van der Waals surface area contributed by atoms with Gasteiger partial charge < -0.3 is 10.6 Å². The minimum Gasteiger partial charge on any atom is -0.366 e. The van der Waals surface area contributed by atoms with Crippen molar-refractivity contribution in [1.82, 2.24) is 15.5 Å². The highest BCUT2D eigenvalue weighted by atomic mass is 35.5. The first-order valence-electron chi connectivity index (χ1n) is 4.81. The molecule has 84 valence electrons. The fraction of sp³-hybridized carbons (Fsp3) is 0.556. The van der Waals surface area contributed by atoms with Gasteiger partial charge in [-0.25, -0.2) is 0 Å². The zero-order chi connectivity index (χ0) is 9.80. The topological polar surface area (TPSA) is 49.8 Å². The SMILES string of the molecule is Cl.Clc1ccc(NC2CCNCC2)nn1. The van der Waals surface area contributed by atoms with Crippen LogP contribution in [0.25, 0.3) is 0 Å². The molecule has 0 atom stereocenters. The van der Waals surface area contributed by atoms with Crippen molar-refractivity contribution in [2.45, 2.75) is 18.9 Å². The van der Waals surface area contributed by atoms with Gasteiger partial charge in [0.15, 0.2) is 5.15 Å². The van der Waals surface area contributed by atoms with E-state index in [4.69, 9.17) is 11.6 Å². The van der Waals surface area contributed by atoms with E-state index in [0.29, 0.717) is 11.2 Å². The largest absolute Gasteiger partial charge is 0.366 e. The van der Waals surface area contributed by atoms with Crippen LogP contribution in [0.5, 0.6) is 0 Å². The smallest absolute Gasteiger partial charge is 0.151 e. The van der Waals surface area contributed by atoms with Gasteiger partial charge in [-0.05, 0) is 38.1 Å². The van der Waals surface area contributed by atoms with E-state index in [1.165, 1.54) is 0 Å². The number of rotatable bonds is 2. The average Bonchev–Trinajstić information content (AvgIpc) is 2.23. The summed E-state index contributed by atoms with van der Waals surface area (Å²) < 4.78 is 0. The van der Waals surface area contributed by atoms with Crippen LogP contribution >= 0.6 is 24.0 Å². The van der Waals surface area contributed by atoms with Crippen LogP contribution in [-0.2, 0) is 0 Å². The molecular formula is C9H14Cl2N4. The zero-order valence-electron chi connectivity index (χ0n) is 8.24. The predicted octanol–water partition coefficient (Wildman–Crippen LogP) is 1.72. The van der Waals surface area contributed by atoms with E-state index in [9.17, 15) is 0 Å². The van der Waals surface area contributed by atoms with Gasteiger partial charge in [0.05, 0.1) is 0 Å². The lowest BCUT2D eigenvalue weighted by Crippen LogP contribution is -2.35. The number of aromatic nitrogens is 2. The third kappa shape index (κ3) is 3.81. The monoisotopic (exact) mass is 248 g/mol. The molecule has 0 bridgehead atoms. The van der Waals surface area contributed by atoms with E-state index in [2.05, 4.69) is 20.8 Å². The summed E-state index contributed by atoms with van der Waals surface area (Å²) in [5.41, 5.74) is 0. The van der Waals surface area contributed by atoms with Crippen molar-refractivity contribution >= 4 is 29.8 Å². The van der Waals surface area contributed by atoms with Crippen LogP contribution < -0.4 is 10.6 Å². The maximum absolute atomic E-state index is 5.64. The zero-order valence-corrected chi connectivity index (χ0v) is 9.81. The van der Waals surface area contributed by atoms with Crippen molar-refractivity contribution in [1.29, 1.82) is 0 Å². The Hall–Kier alpha value is -0.580. The molecule has 1 fully saturated rings. The third-order valence-electron chi connectivity index (χ3n) is 2.32. The van der Waals surface area contributed by atoms with Crippen LogP contribution in [0.2, 0.25) is 5.15 Å². The number of hydrogen-bond donors (Lipinski definition) is 2. The lowest BCUT2D eigenvalue weighted by Gasteiger charge is -2.23. The molecule has 1 aliphatic rings. The molecule has 0 unspecified atom stereocenters. The van der Waals surface area contributed by atoms with Crippen molar-refractivity contribution < 1.29 is 0 Å². The van der Waals surface area contributed by atoms with Gasteiger partial charge in [-0.1, -0.05) is 11.6 Å². The van der Waals surface area contributed by atoms with Gasteiger partial charge in [0.25, 0.3) is 0 Å². The fourth-order valence-electron chi connectivity index (χ4n) is 1.57. The van der Waals surface area contributed by atoms with Gasteiger partial charge >= 0.3 is 0 Å². The maximum Gasteiger partial charge on any atom is 0.151 e. The number of piperidine rings is 1. The standard InChI is InChI=1S/C9H13ClN4.ClH/c10-8-1-2-9(14-13-8)12-7-3-5-11-6-4-7;/h1-2,7,11H,3-6H2,(H,12,14);1H. The number of nitrogens with zero attached hydrogens (tertiary/aromatic N) is 2. The molecule has 0 radical (unpaired) electrons. The Morgan fingerprint density at radius 2 is 2.00 bits per heavy atom. The Bertz CT molecular complexity index is 285. The molecule has 1 saturated heterocycles. The highest BCUT2D eigenvalue weighted by Gasteiger charge is 2.12. The normalized spacial score (nSPS) is 16.9. The summed E-state index contributed by atoms with van der Waals surface area (Å²) >= 11 is 5.64. The molecule has 1 aromatic heterocycles. The quantitative estimate of drug-likeness (QED) is 0.837. The molecule has 2 N–H and O–H groups in total. The second kappa shape index (κ2) is 6.10. The Morgan fingerprint density at radius 3 is 2.60 bits per heavy atom. The molecular weight excluding hydrogens is 235 g/mol. The summed E-state index contributed by atoms with van der Waals surface area (Å²) in [5.74, 6) is 0.807. The van der Waals surface area contributed by atoms with Gasteiger partial charge in [0.2, 0.25) is 0 Å². The Morgan fingerprint density at radius 1 is 1.27 bits per heavy atom. The molecule has 2 heterocycles. The van der Waals surface area contributed by atoms with E-state index in [0.717, 1.165) is 31.7 Å². The summed E-state index contributed by atoms with van der Waals surface area (Å²) in [5, 5.41) is 14.8. The molecule has 0 aliphatic carbocycles. The van der Waals surface area contributed by atoms with E-state index < -0.39 is 0 Å². The first-order valence-corrected chi connectivity index (χ1v) is 5.19. The molecule has 0 spiro atoms. The van der Waals surface area contributed by atoms with Crippen molar-refractivity contribution in [3.05, 3.63) is 17.3 Å². The van der Waals surface area contributed by atoms with Crippen LogP contribution in [0.1, 0.15) is 12.8 Å². The fourth-order valence-corrected chi connectivity index (χ4v) is 1.67. The molecule has 15 heavy (non-hydrogen) atoms. The lowest BCUT2D eigenvalue weighted by atomic mass is 10.1. The average molecular weight is 249 g/mol. The van der Waals surface area contributed by atoms with Crippen molar-refractivity contribution in [3.63, 3.8) is 0 Å². The molecule has 0 amide bonds. The number of nitrogens with one attached hydrogen (secondary N) is 2. The van der Waals surface area contributed by atoms with Crippen LogP contribution in [0.4, 0.5) is 5.82 Å². The molecule has 6 heteroatoms. The van der Waals surface area contributed by atoms with Gasteiger partial charge in [0.1, 0.15) is 5.82 Å². The number of hydrogen-bond acceptors (Lipinski definition) is 4. The Kier molecular flexibility index (Phi) is 5.08. The molecule has 0 aromatic carbocycles. The summed E-state index contributed by atoms with van der Waals surface area (Å²) in [6, 6.07) is 4.11. The summed E-state index contributed by atoms with van der Waals surface area (Å²) in [4.78, 5) is 0. The van der Waals surface area contributed by atoms with E-state index >= 15 is 0 Å². The van der Waals surface area contributed by atoms with Crippen LogP contribution in [-0.4, -0.2) is 29.3 Å². The molecule has 0 saturated carbocycles. The van der Waals surface area contributed by atoms with Crippen molar-refractivity contribution in [2.24, 2.45) is 0 Å². The van der Waals surface area contributed by atoms with Crippen LogP contribution in [0, 0.1) is 0 Å². The summed E-state index contributed by atoms with van der Waals surface area (Å²) in [7, 11) is 0. The minimum absolute atomic E-state index is 0. The highest BCUT2D eigenvalue weighted by molar-refractivity contribution is 6.29. The predicted molar refractivity (Wildman–Crippen MR) is 63.8 cm³/mol. The summed E-state index contributed by atoms with van der Waals surface area (Å²) in [6.07, 6.45) is 2.26. The molecule has 1 aliphatic heterocycles. The van der Waals surface area contributed by atoms with Gasteiger partial charge in [-0.2, -0.15) is 0 Å². The van der Waals surface area contributed by atoms with Crippen molar-refractivity contribution in [3.8, 4) is 0 Å². The molecule has 2 rings (SSSR count). The summed E-state index contributed by atoms with van der Waals surface area (Å²) in [6.45, 7) is 2.14. The Balaban J connectivity index is 0.00000112. The Labute approximate surface area is 100 Å². The second-order valence-corrected chi connectivity index (χ2v) is 3.80. The van der Waals surface area contributed by atoms with Gasteiger partial charge in [0, 0.05) is 6.04 Å². The maximum atomic E-state index is 5.64. The van der Waals surface area contributed by atoms with E-state index in [1.807, 2.05) is 6.07 Å². The minimum atomic E-state index is 0. The first kappa shape index (κ1) is 12.5. The number of halogens is 2. The van der Waals surface area contributed by atoms with Gasteiger partial charge in [-0.3, -0.25) is 0 Å². The van der Waals surface area contributed by atoms with Crippen molar-refractivity contribution in [2.75, 3.05) is 18.4 Å². The number of anilines is 1. The molecule has 1 aromatic rings. The first-order chi connectivity index (χ1) is 6.84. The molecule has 4 nitrogen and oxygen atoms in total. The third-order valence-corrected chi connectivity index (χ3v) is 2.52. The lowest BCUT2D eigenvalue weighted by molar-refractivity contribution is 0.478.